The third-order valence-corrected chi connectivity index (χ3v) is 4.13. The molecule has 21 heavy (non-hydrogen) atoms. The van der Waals surface area contributed by atoms with Gasteiger partial charge in [0.15, 0.2) is 20.0 Å². The Kier molecular flexibility index (Phi) is 8.16. The highest BCUT2D eigenvalue weighted by Crippen LogP contribution is 2.36. The molecule has 0 aromatic carbocycles. The van der Waals surface area contributed by atoms with Crippen LogP contribution in [0.1, 0.15) is 0 Å². The lowest BCUT2D eigenvalue weighted by atomic mass is 10.6. The van der Waals surface area contributed by atoms with E-state index < -0.39 is 31.1 Å². The Hall–Kier alpha value is -0.640. The largest absolute Gasteiger partial charge is 0.480 e. The highest BCUT2D eigenvalue weighted by Gasteiger charge is 2.46. The molecule has 0 aromatic heterocycles. The van der Waals surface area contributed by atoms with Crippen LogP contribution in [-0.2, 0) is 20.0 Å². The number of nitrogens with zero attached hydrogens (tertiary/aromatic N) is 1. The molecule has 0 aliphatic carbocycles. The van der Waals surface area contributed by atoms with E-state index in [-0.39, 0.29) is 0 Å². The van der Waals surface area contributed by atoms with Gasteiger partial charge in [0.05, 0.1) is 20.7 Å². The van der Waals surface area contributed by atoms with Crippen LogP contribution in [0.2, 0.25) is 0 Å². The number of hydrogen-bond donors (Lipinski definition) is 2. The first kappa shape index (κ1) is 22.6. The zero-order chi connectivity index (χ0) is 17.7. The average molecular weight is 370 g/mol. The van der Waals surface area contributed by atoms with Gasteiger partial charge >= 0.3 is 11.0 Å². The van der Waals surface area contributed by atoms with Crippen molar-refractivity contribution in [1.29, 1.82) is 0 Å². The summed E-state index contributed by atoms with van der Waals surface area (Å²) in [6, 6.07) is 0. The van der Waals surface area contributed by atoms with E-state index in [1.54, 1.807) is 0 Å². The highest BCUT2D eigenvalue weighted by atomic mass is 32.3. The molecular weight excluding hydrogens is 358 g/mol. The van der Waals surface area contributed by atoms with Crippen molar-refractivity contribution in [2.75, 3.05) is 27.2 Å². The quantitative estimate of drug-likeness (QED) is 0.629. The molecule has 0 aliphatic heterocycles. The molecule has 0 saturated heterocycles. The smallest absolute Gasteiger partial charge is 0.421 e. The van der Waals surface area contributed by atoms with Crippen molar-refractivity contribution in [1.82, 2.24) is 0 Å². The van der Waals surface area contributed by atoms with E-state index in [0.717, 1.165) is 10.7 Å². The number of likely N-dealkylation sites (N-methyl/N-ethyl adjacent to an activating group) is 1. The van der Waals surface area contributed by atoms with E-state index in [9.17, 15) is 43.2 Å². The fourth-order valence-electron chi connectivity index (χ4n) is 0.437. The second-order valence-corrected chi connectivity index (χ2v) is 7.02. The minimum atomic E-state index is -6.72. The summed E-state index contributed by atoms with van der Waals surface area (Å²) in [5.74, 6) is 0. The van der Waals surface area contributed by atoms with Crippen molar-refractivity contribution in [2.24, 2.45) is 0 Å². The predicted molar refractivity (Wildman–Crippen MR) is 58.1 cm³/mol. The number of quaternary nitrogens is 1. The maximum absolute atomic E-state index is 11.4. The molecule has 0 atom stereocenters. The lowest BCUT2D eigenvalue weighted by Gasteiger charge is -2.22. The Morgan fingerprint density at radius 2 is 1.19 bits per heavy atom. The van der Waals surface area contributed by atoms with Crippen molar-refractivity contribution in [3.05, 3.63) is 4.13 Å². The van der Waals surface area contributed by atoms with Crippen molar-refractivity contribution >= 4 is 20.0 Å². The number of sulfonamides is 2. The van der Waals surface area contributed by atoms with Gasteiger partial charge in [-0.2, -0.15) is 26.3 Å². The Morgan fingerprint density at radius 1 is 0.905 bits per heavy atom. The fourth-order valence-corrected chi connectivity index (χ4v) is 2.15. The standard InChI is InChI=1S/C4H11NO.C2F6NO4S2/c1-5(2)3-4-6;3-1(4,5)14(10,11)9-15(12,13)2(6,7)8/h6H,3-4H2,1-2H3;/q;-1/p+1. The van der Waals surface area contributed by atoms with Gasteiger partial charge in [-0.1, -0.05) is 0 Å². The van der Waals surface area contributed by atoms with Crippen LogP contribution in [0.5, 0.6) is 0 Å². The van der Waals surface area contributed by atoms with E-state index >= 15 is 0 Å². The van der Waals surface area contributed by atoms with Gasteiger partial charge in [0.1, 0.15) is 6.54 Å². The van der Waals surface area contributed by atoms with Gasteiger partial charge in [-0.25, -0.2) is 16.8 Å². The number of hydrogen-bond acceptors (Lipinski definition) is 5. The highest BCUT2D eigenvalue weighted by molar-refractivity contribution is 8.13. The van der Waals surface area contributed by atoms with Crippen LogP contribution in [0.4, 0.5) is 26.3 Å². The summed E-state index contributed by atoms with van der Waals surface area (Å²) >= 11 is 0. The molecule has 0 aliphatic rings. The summed E-state index contributed by atoms with van der Waals surface area (Å²) in [6.07, 6.45) is 0. The molecule has 0 radical (unpaired) electrons. The van der Waals surface area contributed by atoms with Crippen LogP contribution in [-0.4, -0.2) is 60.2 Å². The Balaban J connectivity index is 0. The molecular formula is C6H12F6N2O5S2. The van der Waals surface area contributed by atoms with Crippen molar-refractivity contribution in [3.8, 4) is 0 Å². The second-order valence-electron chi connectivity index (χ2n) is 3.60. The molecule has 15 heteroatoms. The van der Waals surface area contributed by atoms with Gasteiger partial charge in [0, 0.05) is 0 Å². The number of rotatable bonds is 4. The summed E-state index contributed by atoms with van der Waals surface area (Å²) in [5, 5.41) is 8.22. The number of halogens is 6. The molecule has 0 unspecified atom stereocenters. The van der Waals surface area contributed by atoms with Crippen LogP contribution in [0.15, 0.2) is 0 Å². The molecule has 0 spiro atoms. The van der Waals surface area contributed by atoms with Gasteiger partial charge in [0.25, 0.3) is 0 Å². The Bertz CT molecular complexity index is 467. The molecule has 0 saturated carbocycles. The Morgan fingerprint density at radius 3 is 1.29 bits per heavy atom. The zero-order valence-corrected chi connectivity index (χ0v) is 12.2. The lowest BCUT2D eigenvalue weighted by molar-refractivity contribution is -0.858. The second kappa shape index (κ2) is 7.57. The topological polar surface area (TPSA) is 107 Å². The van der Waals surface area contributed by atoms with Gasteiger partial charge in [-0.05, 0) is 0 Å². The third kappa shape index (κ3) is 8.40. The van der Waals surface area contributed by atoms with E-state index in [4.69, 9.17) is 5.11 Å². The molecule has 0 aromatic rings. The zero-order valence-electron chi connectivity index (χ0n) is 10.5. The van der Waals surface area contributed by atoms with Gasteiger partial charge in [-0.3, -0.25) is 0 Å². The molecule has 130 valence electrons. The van der Waals surface area contributed by atoms with Gasteiger partial charge in [0.2, 0.25) is 0 Å². The van der Waals surface area contributed by atoms with E-state index in [0.29, 0.717) is 6.61 Å². The SMILES string of the molecule is C[NH+](C)CCO.O=S(=O)([N-]S(=O)(=O)C(F)(F)F)C(F)(F)F. The van der Waals surface area contributed by atoms with Crippen LogP contribution >= 0.6 is 0 Å². The number of alkyl halides is 6. The summed E-state index contributed by atoms with van der Waals surface area (Å²) in [6.45, 7) is 1.14. The molecule has 0 heterocycles. The molecule has 0 bridgehead atoms. The monoisotopic (exact) mass is 370 g/mol. The fraction of sp³-hybridized carbons (Fsp3) is 1.00. The minimum Gasteiger partial charge on any atom is -0.421 e. The summed E-state index contributed by atoms with van der Waals surface area (Å²) in [4.78, 5) is 1.29. The summed E-state index contributed by atoms with van der Waals surface area (Å²) < 4.78 is 109. The van der Waals surface area contributed by atoms with Crippen molar-refractivity contribution in [2.45, 2.75) is 11.0 Å². The number of aliphatic hydroxyl groups excluding tert-OH is 1. The molecule has 2 N–H and O–H groups in total. The van der Waals surface area contributed by atoms with E-state index in [1.165, 1.54) is 4.90 Å². The van der Waals surface area contributed by atoms with E-state index in [1.807, 2.05) is 14.1 Å². The first-order chi connectivity index (χ1) is 8.98. The maximum atomic E-state index is 11.4. The third-order valence-electron chi connectivity index (χ3n) is 1.39. The minimum absolute atomic E-state index is 0.294. The molecule has 0 fully saturated rings. The first-order valence-electron chi connectivity index (χ1n) is 4.74. The van der Waals surface area contributed by atoms with Crippen LogP contribution in [0, 0.1) is 0 Å². The van der Waals surface area contributed by atoms with Gasteiger partial charge < -0.3 is 14.1 Å². The lowest BCUT2D eigenvalue weighted by Crippen LogP contribution is -3.06. The van der Waals surface area contributed by atoms with Crippen molar-refractivity contribution < 1.29 is 53.2 Å². The molecule has 0 rings (SSSR count). The van der Waals surface area contributed by atoms with Gasteiger partial charge in [-0.15, -0.1) is 0 Å². The van der Waals surface area contributed by atoms with Crippen LogP contribution in [0.25, 0.3) is 4.13 Å². The normalized spacial score (nSPS) is 13.8. The number of nitrogens with one attached hydrogen (secondary N) is 1. The predicted octanol–water partition coefficient (Wildman–Crippen LogP) is -0.817. The number of aliphatic hydroxyl groups is 1. The average Bonchev–Trinajstić information content (AvgIpc) is 2.12. The summed E-state index contributed by atoms with van der Waals surface area (Å²) in [5.41, 5.74) is -12.4. The first-order valence-corrected chi connectivity index (χ1v) is 7.62. The maximum Gasteiger partial charge on any atom is 0.480 e. The Labute approximate surface area is 116 Å². The van der Waals surface area contributed by atoms with E-state index in [2.05, 4.69) is 0 Å². The summed E-state index contributed by atoms with van der Waals surface area (Å²) in [7, 11) is -9.42. The molecule has 0 amide bonds. The van der Waals surface area contributed by atoms with Crippen LogP contribution < -0.4 is 4.90 Å². The van der Waals surface area contributed by atoms with Crippen LogP contribution in [0.3, 0.4) is 0 Å². The molecule has 7 nitrogen and oxygen atoms in total. The van der Waals surface area contributed by atoms with Crippen molar-refractivity contribution in [3.63, 3.8) is 0 Å².